The molecule has 6 nitrogen and oxygen atoms in total. The van der Waals surface area contributed by atoms with Crippen LogP contribution in [0.25, 0.3) is 0 Å². The van der Waals surface area contributed by atoms with Gasteiger partial charge in [0.25, 0.3) is 0 Å². The van der Waals surface area contributed by atoms with E-state index in [1.807, 2.05) is 0 Å². The number of hydrogen-bond donors (Lipinski definition) is 0. The molecule has 75 heavy (non-hydrogen) atoms. The average Bonchev–Trinajstić information content (AvgIpc) is 3.41. The zero-order chi connectivity index (χ0) is 54.3. The number of rotatable bonds is 61. The highest BCUT2D eigenvalue weighted by Gasteiger charge is 2.19. The highest BCUT2D eigenvalue weighted by molar-refractivity contribution is 5.71. The van der Waals surface area contributed by atoms with Gasteiger partial charge in [0, 0.05) is 19.3 Å². The molecule has 1 unspecified atom stereocenters. The number of hydrogen-bond acceptors (Lipinski definition) is 6. The first-order valence-electron chi connectivity index (χ1n) is 33.1. The van der Waals surface area contributed by atoms with Crippen molar-refractivity contribution >= 4 is 17.9 Å². The SMILES string of the molecule is CCCCC/C=C\C/C=C\CCCCCCCCCC(=O)OC(COC(=O)CCCCCCC)COC(=O)CCCCCCCCCCCCCCCCCCCCCCCCC/C=C\C/C=C\CCCCCCC. The Hall–Kier alpha value is -2.63. The van der Waals surface area contributed by atoms with E-state index in [2.05, 4.69) is 69.4 Å². The maximum Gasteiger partial charge on any atom is 0.306 e. The molecule has 0 N–H and O–H groups in total. The largest absolute Gasteiger partial charge is 0.462 e. The second-order valence-electron chi connectivity index (χ2n) is 22.4. The lowest BCUT2D eigenvalue weighted by Crippen LogP contribution is -2.30. The van der Waals surface area contributed by atoms with Crippen LogP contribution in [0.2, 0.25) is 0 Å². The molecule has 438 valence electrons. The third-order valence-corrected chi connectivity index (χ3v) is 14.8. The fraction of sp³-hybridized carbons (Fsp3) is 0.841. The Bertz CT molecular complexity index is 1300. The molecule has 0 radical (unpaired) electrons. The topological polar surface area (TPSA) is 78.9 Å². The lowest BCUT2D eigenvalue weighted by Gasteiger charge is -2.18. The van der Waals surface area contributed by atoms with Crippen molar-refractivity contribution in [2.75, 3.05) is 13.2 Å². The van der Waals surface area contributed by atoms with Gasteiger partial charge >= 0.3 is 17.9 Å². The molecule has 0 bridgehead atoms. The normalized spacial score (nSPS) is 12.3. The van der Waals surface area contributed by atoms with Gasteiger partial charge in [0.05, 0.1) is 0 Å². The molecular formula is C69H126O6. The highest BCUT2D eigenvalue weighted by atomic mass is 16.6. The third kappa shape index (κ3) is 62.1. The lowest BCUT2D eigenvalue weighted by atomic mass is 10.0. The summed E-state index contributed by atoms with van der Waals surface area (Å²) in [7, 11) is 0. The van der Waals surface area contributed by atoms with Crippen molar-refractivity contribution in [3.8, 4) is 0 Å². The maximum absolute atomic E-state index is 12.8. The molecule has 0 aliphatic carbocycles. The molecule has 0 rings (SSSR count). The molecule has 0 aromatic heterocycles. The summed E-state index contributed by atoms with van der Waals surface area (Å²) in [5, 5.41) is 0. The van der Waals surface area contributed by atoms with Crippen molar-refractivity contribution in [2.24, 2.45) is 0 Å². The number of esters is 3. The molecule has 0 fully saturated rings. The first-order chi connectivity index (χ1) is 37.0. The standard InChI is InChI=1S/C69H126O6/c1-4-7-10-13-15-17-19-21-23-25-26-27-28-29-30-31-32-33-34-35-36-37-38-39-40-41-42-44-45-47-49-51-53-56-59-62-68(71)74-65-66(64-73-67(70)61-58-55-12-9-6-3)75-69(72)63-60-57-54-52-50-48-46-43-24-22-20-18-16-14-11-8-5-2/h16,18-19,21-22,24-26,66H,4-15,17,20,23,27-65H2,1-3H3/b18-16-,21-19-,24-22-,26-25-. The fourth-order valence-electron chi connectivity index (χ4n) is 9.80. The average molecular weight is 1050 g/mol. The molecule has 0 amide bonds. The van der Waals surface area contributed by atoms with Gasteiger partial charge in [0.15, 0.2) is 6.10 Å². The van der Waals surface area contributed by atoms with Gasteiger partial charge in [-0.3, -0.25) is 14.4 Å². The first-order valence-corrected chi connectivity index (χ1v) is 33.1. The van der Waals surface area contributed by atoms with E-state index >= 15 is 0 Å². The Kier molecular flexibility index (Phi) is 61.7. The molecule has 0 aliphatic heterocycles. The molecular weight excluding hydrogens is 925 g/mol. The lowest BCUT2D eigenvalue weighted by molar-refractivity contribution is -0.167. The van der Waals surface area contributed by atoms with E-state index in [-0.39, 0.29) is 31.1 Å². The molecule has 0 aromatic carbocycles. The van der Waals surface area contributed by atoms with Crippen molar-refractivity contribution in [3.05, 3.63) is 48.6 Å². The summed E-state index contributed by atoms with van der Waals surface area (Å²) < 4.78 is 16.8. The van der Waals surface area contributed by atoms with E-state index in [9.17, 15) is 14.4 Å². The van der Waals surface area contributed by atoms with E-state index in [1.165, 1.54) is 231 Å². The third-order valence-electron chi connectivity index (χ3n) is 14.8. The highest BCUT2D eigenvalue weighted by Crippen LogP contribution is 2.18. The van der Waals surface area contributed by atoms with Crippen molar-refractivity contribution in [3.63, 3.8) is 0 Å². The minimum atomic E-state index is -0.771. The Morgan fingerprint density at radius 3 is 0.760 bits per heavy atom. The van der Waals surface area contributed by atoms with E-state index in [1.54, 1.807) is 0 Å². The number of carbonyl (C=O) groups is 3. The summed E-state index contributed by atoms with van der Waals surface area (Å²) in [5.74, 6) is -0.877. The smallest absolute Gasteiger partial charge is 0.306 e. The molecule has 0 aromatic rings. The molecule has 1 atom stereocenters. The summed E-state index contributed by atoms with van der Waals surface area (Å²) >= 11 is 0. The van der Waals surface area contributed by atoms with Gasteiger partial charge in [-0.1, -0.05) is 301 Å². The van der Waals surface area contributed by atoms with Crippen LogP contribution in [-0.2, 0) is 28.6 Å². The Morgan fingerprint density at radius 1 is 0.267 bits per heavy atom. The molecule has 0 aliphatic rings. The summed E-state index contributed by atoms with van der Waals surface area (Å²) in [6.45, 7) is 6.56. The molecule has 0 heterocycles. The number of ether oxygens (including phenoxy) is 3. The van der Waals surface area contributed by atoms with Crippen LogP contribution < -0.4 is 0 Å². The minimum absolute atomic E-state index is 0.0726. The van der Waals surface area contributed by atoms with Gasteiger partial charge < -0.3 is 14.2 Å². The Balaban J connectivity index is 3.87. The van der Waals surface area contributed by atoms with Gasteiger partial charge in [0.1, 0.15) is 13.2 Å². The predicted molar refractivity (Wildman–Crippen MR) is 325 cm³/mol. The molecule has 6 heteroatoms. The van der Waals surface area contributed by atoms with Gasteiger partial charge in [-0.25, -0.2) is 0 Å². The van der Waals surface area contributed by atoms with Gasteiger partial charge in [-0.2, -0.15) is 0 Å². The van der Waals surface area contributed by atoms with Crippen molar-refractivity contribution in [1.29, 1.82) is 0 Å². The second kappa shape index (κ2) is 63.9. The van der Waals surface area contributed by atoms with Crippen LogP contribution in [0.1, 0.15) is 355 Å². The van der Waals surface area contributed by atoms with Crippen LogP contribution in [0.5, 0.6) is 0 Å². The predicted octanol–water partition coefficient (Wildman–Crippen LogP) is 22.6. The summed E-state index contributed by atoms with van der Waals surface area (Å²) in [6.07, 6.45) is 80.5. The number of carbonyl (C=O) groups excluding carboxylic acids is 3. The molecule has 0 spiro atoms. The van der Waals surface area contributed by atoms with Gasteiger partial charge in [0.2, 0.25) is 0 Å². The van der Waals surface area contributed by atoms with Gasteiger partial charge in [-0.05, 0) is 83.5 Å². The van der Waals surface area contributed by atoms with E-state index in [0.717, 1.165) is 83.5 Å². The Labute approximate surface area is 467 Å². The molecule has 0 saturated carbocycles. The van der Waals surface area contributed by atoms with Crippen LogP contribution >= 0.6 is 0 Å². The number of unbranched alkanes of at least 4 members (excludes halogenated alkanes) is 42. The first kappa shape index (κ1) is 72.4. The van der Waals surface area contributed by atoms with Crippen LogP contribution in [0.3, 0.4) is 0 Å². The van der Waals surface area contributed by atoms with Crippen LogP contribution in [-0.4, -0.2) is 37.2 Å². The number of allylic oxidation sites excluding steroid dienone is 8. The Morgan fingerprint density at radius 2 is 0.480 bits per heavy atom. The monoisotopic (exact) mass is 1050 g/mol. The quantitative estimate of drug-likeness (QED) is 0.0261. The van der Waals surface area contributed by atoms with Crippen molar-refractivity contribution in [1.82, 2.24) is 0 Å². The summed E-state index contributed by atoms with van der Waals surface area (Å²) in [6, 6.07) is 0. The summed E-state index contributed by atoms with van der Waals surface area (Å²) in [4.78, 5) is 37.9. The van der Waals surface area contributed by atoms with Gasteiger partial charge in [-0.15, -0.1) is 0 Å². The molecule has 0 saturated heterocycles. The van der Waals surface area contributed by atoms with E-state index in [4.69, 9.17) is 14.2 Å². The zero-order valence-corrected chi connectivity index (χ0v) is 50.3. The fourth-order valence-corrected chi connectivity index (χ4v) is 9.80. The summed E-state index contributed by atoms with van der Waals surface area (Å²) in [5.41, 5.74) is 0. The van der Waals surface area contributed by atoms with E-state index < -0.39 is 6.10 Å². The minimum Gasteiger partial charge on any atom is -0.462 e. The van der Waals surface area contributed by atoms with Crippen LogP contribution in [0.4, 0.5) is 0 Å². The van der Waals surface area contributed by atoms with Crippen LogP contribution in [0, 0.1) is 0 Å². The van der Waals surface area contributed by atoms with Crippen LogP contribution in [0.15, 0.2) is 48.6 Å². The van der Waals surface area contributed by atoms with Crippen molar-refractivity contribution in [2.45, 2.75) is 361 Å². The maximum atomic E-state index is 12.8. The second-order valence-corrected chi connectivity index (χ2v) is 22.4. The van der Waals surface area contributed by atoms with E-state index in [0.29, 0.717) is 19.3 Å². The van der Waals surface area contributed by atoms with Crippen molar-refractivity contribution < 1.29 is 28.6 Å². The zero-order valence-electron chi connectivity index (χ0n) is 50.3.